The second-order valence-corrected chi connectivity index (χ2v) is 6.69. The van der Waals surface area contributed by atoms with Crippen LogP contribution >= 0.6 is 11.8 Å². The first-order chi connectivity index (χ1) is 11.1. The Morgan fingerprint density at radius 2 is 1.87 bits per heavy atom. The van der Waals surface area contributed by atoms with Crippen LogP contribution < -0.4 is 0 Å². The van der Waals surface area contributed by atoms with Crippen molar-refractivity contribution in [1.82, 2.24) is 0 Å². The molecule has 23 heavy (non-hydrogen) atoms. The predicted octanol–water partition coefficient (Wildman–Crippen LogP) is 3.91. The quantitative estimate of drug-likeness (QED) is 0.890. The lowest BCUT2D eigenvalue weighted by Gasteiger charge is -2.25. The predicted molar refractivity (Wildman–Crippen MR) is 88.6 cm³/mol. The summed E-state index contributed by atoms with van der Waals surface area (Å²) in [6.45, 7) is 0. The van der Waals surface area contributed by atoms with E-state index in [9.17, 15) is 14.7 Å². The first-order valence-corrected chi connectivity index (χ1v) is 8.36. The highest BCUT2D eigenvalue weighted by molar-refractivity contribution is 7.99. The Hall–Kier alpha value is -2.27. The Kier molecular flexibility index (Phi) is 4.39. The standard InChI is InChI=1S/C18H16O4S/c19-17(20)13-6-5-11(15(10-13)18(21)22)9-12-7-8-23-16-4-2-1-3-14(12)16/h1-6,10,12H,7-9H2,(H,19,20)(H,21,22). The van der Waals surface area contributed by atoms with Gasteiger partial charge in [0, 0.05) is 4.90 Å². The number of carboxylic acid groups (broad SMARTS) is 2. The molecular weight excluding hydrogens is 312 g/mol. The smallest absolute Gasteiger partial charge is 0.335 e. The van der Waals surface area contributed by atoms with Crippen LogP contribution in [0.1, 0.15) is 44.2 Å². The molecule has 2 aromatic carbocycles. The molecule has 0 aromatic heterocycles. The molecule has 0 amide bonds. The number of carboxylic acids is 2. The SMILES string of the molecule is O=C(O)c1ccc(CC2CCSc3ccccc32)c(C(=O)O)c1. The van der Waals surface area contributed by atoms with E-state index in [0.717, 1.165) is 12.2 Å². The topological polar surface area (TPSA) is 74.6 Å². The molecule has 0 aliphatic carbocycles. The number of carbonyl (C=O) groups is 2. The maximum atomic E-state index is 11.5. The molecule has 2 aromatic rings. The number of aromatic carboxylic acids is 2. The van der Waals surface area contributed by atoms with Gasteiger partial charge in [0.25, 0.3) is 0 Å². The fourth-order valence-electron chi connectivity index (χ4n) is 2.98. The molecule has 4 nitrogen and oxygen atoms in total. The summed E-state index contributed by atoms with van der Waals surface area (Å²) in [5.41, 5.74) is 2.03. The van der Waals surface area contributed by atoms with Gasteiger partial charge >= 0.3 is 11.9 Å². The van der Waals surface area contributed by atoms with E-state index in [0.29, 0.717) is 12.0 Å². The Balaban J connectivity index is 1.95. The van der Waals surface area contributed by atoms with E-state index in [1.165, 1.54) is 22.6 Å². The van der Waals surface area contributed by atoms with Crippen molar-refractivity contribution in [3.8, 4) is 0 Å². The second kappa shape index (κ2) is 6.46. The van der Waals surface area contributed by atoms with Gasteiger partial charge in [0.2, 0.25) is 0 Å². The van der Waals surface area contributed by atoms with Gasteiger partial charge < -0.3 is 10.2 Å². The molecule has 1 aliphatic rings. The van der Waals surface area contributed by atoms with Gasteiger partial charge in [-0.1, -0.05) is 24.3 Å². The number of benzene rings is 2. The molecule has 5 heteroatoms. The summed E-state index contributed by atoms with van der Waals surface area (Å²) >= 11 is 1.83. The van der Waals surface area contributed by atoms with E-state index >= 15 is 0 Å². The van der Waals surface area contributed by atoms with Crippen LogP contribution in [0.2, 0.25) is 0 Å². The molecule has 0 saturated carbocycles. The van der Waals surface area contributed by atoms with Crippen LogP contribution in [0.25, 0.3) is 0 Å². The first-order valence-electron chi connectivity index (χ1n) is 7.37. The maximum absolute atomic E-state index is 11.5. The van der Waals surface area contributed by atoms with Crippen molar-refractivity contribution in [1.29, 1.82) is 0 Å². The van der Waals surface area contributed by atoms with Crippen LogP contribution in [0.15, 0.2) is 47.4 Å². The van der Waals surface area contributed by atoms with Gasteiger partial charge in [-0.3, -0.25) is 0 Å². The van der Waals surface area contributed by atoms with Gasteiger partial charge in [-0.05, 0) is 53.8 Å². The van der Waals surface area contributed by atoms with Crippen molar-refractivity contribution in [2.24, 2.45) is 0 Å². The fraction of sp³-hybridized carbons (Fsp3) is 0.222. The maximum Gasteiger partial charge on any atom is 0.335 e. The van der Waals surface area contributed by atoms with E-state index in [4.69, 9.17) is 5.11 Å². The van der Waals surface area contributed by atoms with Gasteiger partial charge in [-0.15, -0.1) is 11.8 Å². The number of thioether (sulfide) groups is 1. The highest BCUT2D eigenvalue weighted by atomic mass is 32.2. The highest BCUT2D eigenvalue weighted by Crippen LogP contribution is 2.39. The van der Waals surface area contributed by atoms with Gasteiger partial charge in [0.15, 0.2) is 0 Å². The number of fused-ring (bicyclic) bond motifs is 1. The lowest BCUT2D eigenvalue weighted by Crippen LogP contribution is -2.13. The third-order valence-electron chi connectivity index (χ3n) is 4.14. The second-order valence-electron chi connectivity index (χ2n) is 5.56. The zero-order chi connectivity index (χ0) is 16.4. The van der Waals surface area contributed by atoms with Gasteiger partial charge in [0.1, 0.15) is 0 Å². The average molecular weight is 328 g/mol. The summed E-state index contributed by atoms with van der Waals surface area (Å²) in [6.07, 6.45) is 1.60. The molecule has 0 bridgehead atoms. The van der Waals surface area contributed by atoms with E-state index in [1.54, 1.807) is 6.07 Å². The monoisotopic (exact) mass is 328 g/mol. The minimum atomic E-state index is -1.11. The summed E-state index contributed by atoms with van der Waals surface area (Å²) in [5.74, 6) is -0.918. The van der Waals surface area contributed by atoms with Crippen LogP contribution in [0.3, 0.4) is 0 Å². The molecule has 0 spiro atoms. The van der Waals surface area contributed by atoms with Crippen LogP contribution in [-0.2, 0) is 6.42 Å². The van der Waals surface area contributed by atoms with Crippen molar-refractivity contribution in [3.63, 3.8) is 0 Å². The lowest BCUT2D eigenvalue weighted by atomic mass is 9.87. The number of rotatable bonds is 4. The molecule has 1 atom stereocenters. The summed E-state index contributed by atoms with van der Waals surface area (Å²) in [7, 11) is 0. The Labute approximate surface area is 138 Å². The van der Waals surface area contributed by atoms with Crippen molar-refractivity contribution >= 4 is 23.7 Å². The molecule has 3 rings (SSSR count). The molecule has 2 N–H and O–H groups in total. The minimum Gasteiger partial charge on any atom is -0.478 e. The van der Waals surface area contributed by atoms with Crippen LogP contribution in [0, 0.1) is 0 Å². The Bertz CT molecular complexity index is 769. The van der Waals surface area contributed by atoms with Crippen molar-refractivity contribution in [2.45, 2.75) is 23.7 Å². The zero-order valence-corrected chi connectivity index (χ0v) is 13.2. The summed E-state index contributed by atoms with van der Waals surface area (Å²) in [5, 5.41) is 18.4. The van der Waals surface area contributed by atoms with Crippen LogP contribution in [0.4, 0.5) is 0 Å². The molecule has 0 radical (unpaired) electrons. The highest BCUT2D eigenvalue weighted by Gasteiger charge is 2.23. The third-order valence-corrected chi connectivity index (χ3v) is 5.26. The molecular formula is C18H16O4S. The molecule has 118 valence electrons. The minimum absolute atomic E-state index is 0.00532. The molecule has 1 aliphatic heterocycles. The van der Waals surface area contributed by atoms with E-state index < -0.39 is 11.9 Å². The summed E-state index contributed by atoms with van der Waals surface area (Å²) in [6, 6.07) is 12.6. The van der Waals surface area contributed by atoms with Crippen LogP contribution in [0.5, 0.6) is 0 Å². The van der Waals surface area contributed by atoms with Crippen molar-refractivity contribution in [2.75, 3.05) is 5.75 Å². The number of hydrogen-bond acceptors (Lipinski definition) is 3. The first kappa shape index (κ1) is 15.6. The zero-order valence-electron chi connectivity index (χ0n) is 12.4. The van der Waals surface area contributed by atoms with Crippen LogP contribution in [-0.4, -0.2) is 27.9 Å². The Morgan fingerprint density at radius 1 is 1.09 bits per heavy atom. The van der Waals surface area contributed by atoms with Gasteiger partial charge in [0.05, 0.1) is 11.1 Å². The van der Waals surface area contributed by atoms with E-state index in [1.807, 2.05) is 23.9 Å². The van der Waals surface area contributed by atoms with Gasteiger partial charge in [-0.2, -0.15) is 0 Å². The molecule has 0 saturated heterocycles. The summed E-state index contributed by atoms with van der Waals surface area (Å²) in [4.78, 5) is 23.8. The lowest BCUT2D eigenvalue weighted by molar-refractivity contribution is 0.0695. The van der Waals surface area contributed by atoms with Crippen molar-refractivity contribution in [3.05, 3.63) is 64.7 Å². The third kappa shape index (κ3) is 3.24. The normalized spacial score (nSPS) is 16.6. The molecule has 1 heterocycles. The van der Waals surface area contributed by atoms with Crippen molar-refractivity contribution < 1.29 is 19.8 Å². The average Bonchev–Trinajstić information content (AvgIpc) is 2.55. The van der Waals surface area contributed by atoms with E-state index in [-0.39, 0.29) is 17.0 Å². The fourth-order valence-corrected chi connectivity index (χ4v) is 4.18. The Morgan fingerprint density at radius 3 is 2.61 bits per heavy atom. The summed E-state index contributed by atoms with van der Waals surface area (Å²) < 4.78 is 0. The largest absolute Gasteiger partial charge is 0.478 e. The van der Waals surface area contributed by atoms with E-state index in [2.05, 4.69) is 12.1 Å². The molecule has 1 unspecified atom stereocenters. The number of hydrogen-bond donors (Lipinski definition) is 2. The van der Waals surface area contributed by atoms with Gasteiger partial charge in [-0.25, -0.2) is 9.59 Å². The molecule has 0 fully saturated rings.